The van der Waals surface area contributed by atoms with Crippen LogP contribution in [0, 0.1) is 10.8 Å². The van der Waals surface area contributed by atoms with Gasteiger partial charge in [0.05, 0.1) is 0 Å². The molecule has 0 nitrogen and oxygen atoms in total. The molecule has 1 rings (SSSR count). The molecule has 0 saturated carbocycles. The van der Waals surface area contributed by atoms with Crippen LogP contribution in [0.4, 0.5) is 0 Å². The van der Waals surface area contributed by atoms with Crippen LogP contribution in [0.2, 0.25) is 0 Å². The average molecular weight is 150 g/mol. The molecule has 0 aromatic heterocycles. The Morgan fingerprint density at radius 3 is 2.00 bits per heavy atom. The summed E-state index contributed by atoms with van der Waals surface area (Å²) >= 11 is 0. The van der Waals surface area contributed by atoms with Gasteiger partial charge in [-0.05, 0) is 12.3 Å². The van der Waals surface area contributed by atoms with Crippen molar-refractivity contribution in [1.82, 2.24) is 0 Å². The highest BCUT2D eigenvalue weighted by molar-refractivity contribution is 5.33. The molecule has 0 bridgehead atoms. The molecule has 0 heteroatoms. The van der Waals surface area contributed by atoms with Gasteiger partial charge in [-0.2, -0.15) is 0 Å². The molecule has 1 aliphatic carbocycles. The van der Waals surface area contributed by atoms with Crippen molar-refractivity contribution in [1.29, 1.82) is 0 Å². The molecule has 0 aromatic rings. The monoisotopic (exact) mass is 150 g/mol. The zero-order valence-corrected chi connectivity index (χ0v) is 8.23. The molecule has 0 fully saturated rings. The largest absolute Gasteiger partial charge is 0.0740 e. The maximum Gasteiger partial charge on any atom is 0.0114 e. The van der Waals surface area contributed by atoms with E-state index in [2.05, 4.69) is 52.8 Å². The van der Waals surface area contributed by atoms with Crippen LogP contribution in [-0.2, 0) is 0 Å². The Kier molecular flexibility index (Phi) is 1.74. The maximum atomic E-state index is 2.31. The summed E-state index contributed by atoms with van der Waals surface area (Å²) in [6, 6.07) is 0. The van der Waals surface area contributed by atoms with Crippen molar-refractivity contribution >= 4 is 0 Å². The maximum absolute atomic E-state index is 2.31. The van der Waals surface area contributed by atoms with Gasteiger partial charge in [-0.1, -0.05) is 51.5 Å². The molecule has 0 N–H and O–H groups in total. The fourth-order valence-corrected chi connectivity index (χ4v) is 1.53. The molecule has 1 aliphatic rings. The smallest absolute Gasteiger partial charge is 0.0114 e. The van der Waals surface area contributed by atoms with Crippen molar-refractivity contribution in [2.45, 2.75) is 34.6 Å². The molecule has 62 valence electrons. The van der Waals surface area contributed by atoms with Crippen molar-refractivity contribution in [2.75, 3.05) is 0 Å². The first-order chi connectivity index (χ1) is 4.88. The van der Waals surface area contributed by atoms with E-state index in [9.17, 15) is 0 Å². The quantitative estimate of drug-likeness (QED) is 0.495. The summed E-state index contributed by atoms with van der Waals surface area (Å²) < 4.78 is 0. The van der Waals surface area contributed by atoms with Gasteiger partial charge >= 0.3 is 0 Å². The van der Waals surface area contributed by atoms with E-state index in [1.165, 1.54) is 5.57 Å². The van der Waals surface area contributed by atoms with Crippen LogP contribution >= 0.6 is 0 Å². The minimum Gasteiger partial charge on any atom is -0.0740 e. The summed E-state index contributed by atoms with van der Waals surface area (Å²) in [5.41, 5.74) is 2.08. The van der Waals surface area contributed by atoms with Crippen LogP contribution < -0.4 is 0 Å². The van der Waals surface area contributed by atoms with Gasteiger partial charge < -0.3 is 0 Å². The van der Waals surface area contributed by atoms with E-state index in [4.69, 9.17) is 0 Å². The second-order valence-corrected chi connectivity index (χ2v) is 4.66. The first kappa shape index (κ1) is 8.58. The molecule has 0 aromatic carbocycles. The molecule has 11 heavy (non-hydrogen) atoms. The van der Waals surface area contributed by atoms with Gasteiger partial charge in [0.2, 0.25) is 0 Å². The second kappa shape index (κ2) is 2.23. The fraction of sp³-hybridized carbons (Fsp3) is 0.636. The van der Waals surface area contributed by atoms with Gasteiger partial charge in [0.1, 0.15) is 0 Å². The first-order valence-electron chi connectivity index (χ1n) is 4.24. The topological polar surface area (TPSA) is 0 Å². The summed E-state index contributed by atoms with van der Waals surface area (Å²) in [6.45, 7) is 11.4. The Hall–Kier alpha value is -0.520. The van der Waals surface area contributed by atoms with Crippen LogP contribution in [0.1, 0.15) is 34.6 Å². The predicted octanol–water partition coefficient (Wildman–Crippen LogP) is 3.55. The van der Waals surface area contributed by atoms with E-state index in [0.29, 0.717) is 5.41 Å². The number of allylic oxidation sites excluding steroid dienone is 4. The van der Waals surface area contributed by atoms with E-state index >= 15 is 0 Å². The highest BCUT2D eigenvalue weighted by Crippen LogP contribution is 2.47. The van der Waals surface area contributed by atoms with Crippen LogP contribution in [0.25, 0.3) is 0 Å². The molecule has 0 radical (unpaired) electrons. The minimum atomic E-state index is 0.271. The number of rotatable bonds is 0. The molecule has 0 aliphatic heterocycles. The van der Waals surface area contributed by atoms with Crippen molar-refractivity contribution in [2.24, 2.45) is 10.8 Å². The third kappa shape index (κ3) is 1.15. The summed E-state index contributed by atoms with van der Waals surface area (Å²) in [5.74, 6) is 0. The highest BCUT2D eigenvalue weighted by Gasteiger charge is 2.37. The van der Waals surface area contributed by atoms with Crippen molar-refractivity contribution in [3.05, 3.63) is 23.8 Å². The van der Waals surface area contributed by atoms with Gasteiger partial charge in [-0.25, -0.2) is 0 Å². The van der Waals surface area contributed by atoms with E-state index in [1.54, 1.807) is 0 Å². The summed E-state index contributed by atoms with van der Waals surface area (Å²) in [6.07, 6.45) is 6.69. The Balaban J connectivity index is 3.02. The highest BCUT2D eigenvalue weighted by atomic mass is 14.4. The Bertz CT molecular complexity index is 213. The normalized spacial score (nSPS) is 30.8. The van der Waals surface area contributed by atoms with E-state index in [1.807, 2.05) is 0 Å². The van der Waals surface area contributed by atoms with Crippen molar-refractivity contribution < 1.29 is 0 Å². The minimum absolute atomic E-state index is 0.271. The van der Waals surface area contributed by atoms with Gasteiger partial charge in [-0.3, -0.25) is 0 Å². The SMILES string of the molecule is CC1=CC=CC1(C)C(C)(C)C. The lowest BCUT2D eigenvalue weighted by atomic mass is 9.65. The summed E-state index contributed by atoms with van der Waals surface area (Å²) in [7, 11) is 0. The van der Waals surface area contributed by atoms with Crippen LogP contribution in [0.3, 0.4) is 0 Å². The second-order valence-electron chi connectivity index (χ2n) is 4.66. The predicted molar refractivity (Wildman–Crippen MR) is 50.5 cm³/mol. The zero-order valence-electron chi connectivity index (χ0n) is 8.23. The summed E-state index contributed by atoms with van der Waals surface area (Å²) in [5, 5.41) is 0. The molecular formula is C11H18. The Morgan fingerprint density at radius 2 is 1.82 bits per heavy atom. The van der Waals surface area contributed by atoms with E-state index in [-0.39, 0.29) is 5.41 Å². The van der Waals surface area contributed by atoms with Gasteiger partial charge in [0, 0.05) is 5.41 Å². The Labute approximate surface area is 70.0 Å². The average Bonchev–Trinajstić information content (AvgIpc) is 2.12. The van der Waals surface area contributed by atoms with Crippen LogP contribution in [0.15, 0.2) is 23.8 Å². The lowest BCUT2D eigenvalue weighted by Gasteiger charge is -2.39. The van der Waals surface area contributed by atoms with Crippen molar-refractivity contribution in [3.63, 3.8) is 0 Å². The van der Waals surface area contributed by atoms with Gasteiger partial charge in [0.15, 0.2) is 0 Å². The Morgan fingerprint density at radius 1 is 1.27 bits per heavy atom. The van der Waals surface area contributed by atoms with Gasteiger partial charge in [-0.15, -0.1) is 0 Å². The standard InChI is InChI=1S/C11H18/c1-9-7-6-8-11(9,5)10(2,3)4/h6-8H,1-5H3. The molecule has 0 heterocycles. The van der Waals surface area contributed by atoms with E-state index < -0.39 is 0 Å². The lowest BCUT2D eigenvalue weighted by molar-refractivity contribution is 0.216. The van der Waals surface area contributed by atoms with Crippen molar-refractivity contribution in [3.8, 4) is 0 Å². The van der Waals surface area contributed by atoms with E-state index in [0.717, 1.165) is 0 Å². The molecular weight excluding hydrogens is 132 g/mol. The summed E-state index contributed by atoms with van der Waals surface area (Å²) in [4.78, 5) is 0. The molecule has 1 atom stereocenters. The first-order valence-corrected chi connectivity index (χ1v) is 4.24. The molecule has 0 amide bonds. The molecule has 0 saturated heterocycles. The number of hydrogen-bond donors (Lipinski definition) is 0. The lowest BCUT2D eigenvalue weighted by Crippen LogP contribution is -2.30. The molecule has 1 unspecified atom stereocenters. The van der Waals surface area contributed by atoms with Crippen LogP contribution in [0.5, 0.6) is 0 Å². The third-order valence-corrected chi connectivity index (χ3v) is 3.15. The van der Waals surface area contributed by atoms with Gasteiger partial charge in [0.25, 0.3) is 0 Å². The third-order valence-electron chi connectivity index (χ3n) is 3.15. The number of hydrogen-bond acceptors (Lipinski definition) is 0. The molecule has 0 spiro atoms. The zero-order chi connectivity index (χ0) is 8.70. The fourth-order valence-electron chi connectivity index (χ4n) is 1.53. The van der Waals surface area contributed by atoms with Crippen LogP contribution in [-0.4, -0.2) is 0 Å².